The van der Waals surface area contributed by atoms with Gasteiger partial charge in [-0.05, 0) is 77.0 Å². The van der Waals surface area contributed by atoms with Gasteiger partial charge in [0.2, 0.25) is 5.91 Å². The predicted molar refractivity (Wildman–Crippen MR) is 310 cm³/mol. The van der Waals surface area contributed by atoms with E-state index >= 15 is 0 Å². The molecule has 6 heteroatoms. The van der Waals surface area contributed by atoms with E-state index in [1.807, 2.05) is 0 Å². The Labute approximate surface area is 443 Å². The molecule has 0 rings (SSSR count). The second kappa shape index (κ2) is 60.6. The summed E-state index contributed by atoms with van der Waals surface area (Å²) >= 11 is 0. The van der Waals surface area contributed by atoms with Gasteiger partial charge >= 0.3 is 5.97 Å². The molecule has 0 radical (unpaired) electrons. The Morgan fingerprint density at radius 3 is 1.13 bits per heavy atom. The number of aliphatic hydroxyl groups is 2. The molecule has 0 saturated carbocycles. The molecule has 0 aliphatic carbocycles. The van der Waals surface area contributed by atoms with E-state index in [9.17, 15) is 19.8 Å². The number of allylic oxidation sites excluding steroid dienone is 6. The molecular weight excluding hydrogens is 875 g/mol. The van der Waals surface area contributed by atoms with Crippen LogP contribution in [-0.2, 0) is 14.3 Å². The summed E-state index contributed by atoms with van der Waals surface area (Å²) in [5.74, 6) is -0.0377. The maximum Gasteiger partial charge on any atom is 0.305 e. The summed E-state index contributed by atoms with van der Waals surface area (Å²) in [6.07, 6.45) is 75.9. The van der Waals surface area contributed by atoms with Crippen LogP contribution in [0.25, 0.3) is 0 Å². The van der Waals surface area contributed by atoms with Gasteiger partial charge in [-0.2, -0.15) is 0 Å². The lowest BCUT2D eigenvalue weighted by atomic mass is 10.0. The number of carbonyl (C=O) groups is 2. The quantitative estimate of drug-likeness (QED) is 0.0321. The molecule has 0 saturated heterocycles. The van der Waals surface area contributed by atoms with E-state index in [1.54, 1.807) is 0 Å². The summed E-state index contributed by atoms with van der Waals surface area (Å²) in [5.41, 5.74) is 0. The molecule has 418 valence electrons. The number of rotatable bonds is 59. The molecule has 0 fully saturated rings. The zero-order valence-corrected chi connectivity index (χ0v) is 47.7. The third-order valence-corrected chi connectivity index (χ3v) is 14.7. The highest BCUT2D eigenvalue weighted by Gasteiger charge is 2.20. The molecule has 2 atom stereocenters. The fraction of sp³-hybridized carbons (Fsp3) is 0.877. The molecule has 3 N–H and O–H groups in total. The number of hydrogen-bond donors (Lipinski definition) is 3. The van der Waals surface area contributed by atoms with Crippen LogP contribution in [0.4, 0.5) is 0 Å². The molecule has 0 heterocycles. The lowest BCUT2D eigenvalue weighted by Crippen LogP contribution is -2.45. The Kier molecular flexibility index (Phi) is 59.0. The second-order valence-corrected chi connectivity index (χ2v) is 21.7. The third-order valence-electron chi connectivity index (χ3n) is 14.7. The molecule has 1 amide bonds. The van der Waals surface area contributed by atoms with Gasteiger partial charge in [0.1, 0.15) is 0 Å². The van der Waals surface area contributed by atoms with Crippen LogP contribution in [0.5, 0.6) is 0 Å². The van der Waals surface area contributed by atoms with Crippen LogP contribution in [0.3, 0.4) is 0 Å². The van der Waals surface area contributed by atoms with Gasteiger partial charge in [0.25, 0.3) is 0 Å². The molecule has 6 nitrogen and oxygen atoms in total. The number of nitrogens with one attached hydrogen (secondary N) is 1. The van der Waals surface area contributed by atoms with Crippen molar-refractivity contribution in [3.63, 3.8) is 0 Å². The lowest BCUT2D eigenvalue weighted by Gasteiger charge is -2.22. The standard InChI is InChI=1S/C65H123NO5/c1-3-5-7-9-11-13-15-17-30-33-37-41-45-49-53-57-63(68)62(61-67)66-64(69)58-54-50-46-42-38-34-31-28-26-24-22-20-19-21-23-25-27-29-32-36-40-44-48-52-56-60-71-65(70)59-55-51-47-43-39-35-18-16-14-12-10-8-6-4-2/h10,12,16,18,20,22,62-63,67-68H,3-9,11,13-15,17,19,21,23-61H2,1-2H3,(H,66,69)/b12-10-,18-16-,22-20-. The summed E-state index contributed by atoms with van der Waals surface area (Å²) in [6, 6.07) is -0.544. The van der Waals surface area contributed by atoms with E-state index in [4.69, 9.17) is 4.74 Å². The van der Waals surface area contributed by atoms with Crippen LogP contribution in [0.2, 0.25) is 0 Å². The van der Waals surface area contributed by atoms with Crippen molar-refractivity contribution in [3.05, 3.63) is 36.5 Å². The van der Waals surface area contributed by atoms with Crippen molar-refractivity contribution in [1.29, 1.82) is 0 Å². The Morgan fingerprint density at radius 1 is 0.394 bits per heavy atom. The molecule has 0 aromatic carbocycles. The van der Waals surface area contributed by atoms with Gasteiger partial charge in [-0.25, -0.2) is 0 Å². The topological polar surface area (TPSA) is 95.9 Å². The number of carbonyl (C=O) groups excluding carboxylic acids is 2. The lowest BCUT2D eigenvalue weighted by molar-refractivity contribution is -0.143. The summed E-state index contributed by atoms with van der Waals surface area (Å²) in [5, 5.41) is 23.3. The van der Waals surface area contributed by atoms with Crippen molar-refractivity contribution in [1.82, 2.24) is 5.32 Å². The molecular formula is C65H123NO5. The van der Waals surface area contributed by atoms with Gasteiger partial charge in [-0.3, -0.25) is 9.59 Å². The molecule has 0 aliphatic heterocycles. The fourth-order valence-corrected chi connectivity index (χ4v) is 9.77. The first-order chi connectivity index (χ1) is 35.0. The monoisotopic (exact) mass is 998 g/mol. The Balaban J connectivity index is 3.40. The van der Waals surface area contributed by atoms with Gasteiger partial charge in [-0.15, -0.1) is 0 Å². The minimum absolute atomic E-state index is 0.00112. The zero-order chi connectivity index (χ0) is 51.4. The maximum atomic E-state index is 12.5. The molecule has 0 spiro atoms. The number of unbranched alkanes of at least 4 members (excludes halogenated alkanes) is 42. The first-order valence-electron chi connectivity index (χ1n) is 31.7. The first kappa shape index (κ1) is 69.1. The summed E-state index contributed by atoms with van der Waals surface area (Å²) in [4.78, 5) is 24.5. The van der Waals surface area contributed by atoms with Crippen LogP contribution >= 0.6 is 0 Å². The molecule has 71 heavy (non-hydrogen) atoms. The Bertz CT molecular complexity index is 1150. The molecule has 0 aliphatic rings. The molecule has 0 bridgehead atoms. The molecule has 0 aromatic rings. The van der Waals surface area contributed by atoms with Gasteiger partial charge in [0.15, 0.2) is 0 Å². The summed E-state index contributed by atoms with van der Waals surface area (Å²) in [6.45, 7) is 4.92. The van der Waals surface area contributed by atoms with Crippen LogP contribution < -0.4 is 5.32 Å². The maximum absolute atomic E-state index is 12.5. The van der Waals surface area contributed by atoms with Gasteiger partial charge in [0, 0.05) is 12.8 Å². The van der Waals surface area contributed by atoms with Crippen molar-refractivity contribution in [2.45, 2.75) is 353 Å². The molecule has 2 unspecified atom stereocenters. The average Bonchev–Trinajstić information content (AvgIpc) is 3.37. The number of hydrogen-bond acceptors (Lipinski definition) is 5. The van der Waals surface area contributed by atoms with E-state index in [0.29, 0.717) is 25.9 Å². The van der Waals surface area contributed by atoms with Crippen molar-refractivity contribution in [2.75, 3.05) is 13.2 Å². The highest BCUT2D eigenvalue weighted by molar-refractivity contribution is 5.76. The SMILES string of the molecule is CCCC/C=C\C/C=C\CCCCCCCC(=O)OCCCCCCCCCCCCCC/C=C\CCCCCCCCCCCC(=O)NC(CO)C(O)CCCCCCCCCCCCCCCCC. The summed E-state index contributed by atoms with van der Waals surface area (Å²) < 4.78 is 5.47. The number of amides is 1. The zero-order valence-electron chi connectivity index (χ0n) is 47.7. The largest absolute Gasteiger partial charge is 0.466 e. The van der Waals surface area contributed by atoms with Crippen molar-refractivity contribution >= 4 is 11.9 Å². The predicted octanol–water partition coefficient (Wildman–Crippen LogP) is 20.0. The Hall–Kier alpha value is -1.92. The van der Waals surface area contributed by atoms with E-state index in [-0.39, 0.29) is 18.5 Å². The second-order valence-electron chi connectivity index (χ2n) is 21.7. The smallest absolute Gasteiger partial charge is 0.305 e. The van der Waals surface area contributed by atoms with Crippen LogP contribution in [-0.4, -0.2) is 47.4 Å². The minimum Gasteiger partial charge on any atom is -0.466 e. The number of aliphatic hydroxyl groups excluding tert-OH is 2. The van der Waals surface area contributed by atoms with E-state index in [0.717, 1.165) is 51.4 Å². The average molecular weight is 999 g/mol. The van der Waals surface area contributed by atoms with Crippen LogP contribution in [0, 0.1) is 0 Å². The molecule has 0 aromatic heterocycles. The number of esters is 1. The fourth-order valence-electron chi connectivity index (χ4n) is 9.77. The highest BCUT2D eigenvalue weighted by Crippen LogP contribution is 2.17. The van der Waals surface area contributed by atoms with Gasteiger partial charge < -0.3 is 20.3 Å². The van der Waals surface area contributed by atoms with Crippen molar-refractivity contribution in [3.8, 4) is 0 Å². The summed E-state index contributed by atoms with van der Waals surface area (Å²) in [7, 11) is 0. The van der Waals surface area contributed by atoms with Crippen LogP contribution in [0.1, 0.15) is 341 Å². The van der Waals surface area contributed by atoms with E-state index in [2.05, 4.69) is 55.6 Å². The normalized spacial score (nSPS) is 12.8. The van der Waals surface area contributed by atoms with Crippen molar-refractivity contribution < 1.29 is 24.5 Å². The highest BCUT2D eigenvalue weighted by atomic mass is 16.5. The van der Waals surface area contributed by atoms with Crippen LogP contribution in [0.15, 0.2) is 36.5 Å². The third kappa shape index (κ3) is 57.2. The van der Waals surface area contributed by atoms with E-state index in [1.165, 1.54) is 257 Å². The minimum atomic E-state index is -0.666. The van der Waals surface area contributed by atoms with Crippen molar-refractivity contribution in [2.24, 2.45) is 0 Å². The van der Waals surface area contributed by atoms with Gasteiger partial charge in [0.05, 0.1) is 25.4 Å². The number of ether oxygens (including phenoxy) is 1. The first-order valence-corrected chi connectivity index (χ1v) is 31.7. The van der Waals surface area contributed by atoms with E-state index < -0.39 is 12.1 Å². The van der Waals surface area contributed by atoms with Gasteiger partial charge in [-0.1, -0.05) is 288 Å². The Morgan fingerprint density at radius 2 is 0.718 bits per heavy atom.